The van der Waals surface area contributed by atoms with Gasteiger partial charge in [0.1, 0.15) is 5.54 Å². The highest BCUT2D eigenvalue weighted by Crippen LogP contribution is 2.34. The van der Waals surface area contributed by atoms with Crippen LogP contribution in [0.5, 0.6) is 0 Å². The molecule has 0 spiro atoms. The van der Waals surface area contributed by atoms with Crippen LogP contribution in [-0.2, 0) is 28.6 Å². The van der Waals surface area contributed by atoms with E-state index in [4.69, 9.17) is 4.52 Å². The lowest BCUT2D eigenvalue weighted by molar-refractivity contribution is -0.122. The van der Waals surface area contributed by atoms with E-state index in [9.17, 15) is 14.4 Å². The van der Waals surface area contributed by atoms with Crippen molar-refractivity contribution >= 4 is 28.6 Å². The van der Waals surface area contributed by atoms with E-state index >= 15 is 0 Å². The van der Waals surface area contributed by atoms with Crippen LogP contribution in [-0.4, -0.2) is 32.4 Å². The standard InChI is InChI=1S/C24H30N6O4/c1-16(31)26-24(13-7-3-4-8-14-24)23-25-21(34-29-23)12-11-20(32)27-28-22(33)18-15-30(2)19-10-6-5-9-17(18)19/h5-6,9-10,15H,3-4,7-8,11-14H2,1-2H3,(H,26,31)(H,27,32)(H,28,33). The second-order valence-electron chi connectivity index (χ2n) is 8.86. The number of benzene rings is 1. The van der Waals surface area contributed by atoms with Gasteiger partial charge in [0.2, 0.25) is 17.7 Å². The number of aryl methyl sites for hydroxylation is 2. The quantitative estimate of drug-likeness (QED) is 0.378. The van der Waals surface area contributed by atoms with Crippen molar-refractivity contribution in [2.24, 2.45) is 7.05 Å². The molecule has 34 heavy (non-hydrogen) atoms. The summed E-state index contributed by atoms with van der Waals surface area (Å²) < 4.78 is 7.24. The average molecular weight is 467 g/mol. The zero-order valence-corrected chi connectivity index (χ0v) is 19.5. The van der Waals surface area contributed by atoms with E-state index < -0.39 is 11.4 Å². The van der Waals surface area contributed by atoms with E-state index in [1.54, 1.807) is 6.20 Å². The molecule has 180 valence electrons. The Bertz CT molecular complexity index is 1190. The number of aromatic nitrogens is 3. The number of para-hydroxylation sites is 1. The Morgan fingerprint density at radius 1 is 1.09 bits per heavy atom. The minimum Gasteiger partial charge on any atom is -0.350 e. The van der Waals surface area contributed by atoms with Crippen molar-refractivity contribution < 1.29 is 18.9 Å². The van der Waals surface area contributed by atoms with Crippen molar-refractivity contribution in [3.8, 4) is 0 Å². The summed E-state index contributed by atoms with van der Waals surface area (Å²) in [4.78, 5) is 41.2. The third-order valence-electron chi connectivity index (χ3n) is 6.29. The molecule has 1 aromatic carbocycles. The minimum atomic E-state index is -0.626. The van der Waals surface area contributed by atoms with E-state index in [-0.39, 0.29) is 24.7 Å². The van der Waals surface area contributed by atoms with Gasteiger partial charge in [-0.05, 0) is 18.9 Å². The number of fused-ring (bicyclic) bond motifs is 1. The molecule has 0 bridgehead atoms. The van der Waals surface area contributed by atoms with Crippen LogP contribution in [0.1, 0.15) is 73.9 Å². The number of carbonyl (C=O) groups excluding carboxylic acids is 3. The number of hydrazine groups is 1. The Hall–Kier alpha value is -3.69. The zero-order valence-electron chi connectivity index (χ0n) is 19.5. The number of carbonyl (C=O) groups is 3. The van der Waals surface area contributed by atoms with Crippen LogP contribution in [0.15, 0.2) is 35.0 Å². The first kappa shape index (κ1) is 23.5. The summed E-state index contributed by atoms with van der Waals surface area (Å²) in [6, 6.07) is 7.56. The Labute approximate surface area is 197 Å². The predicted octanol–water partition coefficient (Wildman–Crippen LogP) is 2.64. The molecule has 1 aliphatic carbocycles. The Kier molecular flexibility index (Phi) is 6.95. The smallest absolute Gasteiger partial charge is 0.271 e. The molecule has 10 nitrogen and oxygen atoms in total. The van der Waals surface area contributed by atoms with Gasteiger partial charge in [0, 0.05) is 43.9 Å². The molecular weight excluding hydrogens is 436 g/mol. The summed E-state index contributed by atoms with van der Waals surface area (Å²) in [6.45, 7) is 1.49. The maximum atomic E-state index is 12.6. The first-order chi connectivity index (χ1) is 16.4. The minimum absolute atomic E-state index is 0.0601. The van der Waals surface area contributed by atoms with Crippen LogP contribution in [0.4, 0.5) is 0 Å². The van der Waals surface area contributed by atoms with E-state index in [0.29, 0.717) is 17.3 Å². The molecule has 3 N–H and O–H groups in total. The van der Waals surface area contributed by atoms with Crippen LogP contribution < -0.4 is 16.2 Å². The molecule has 10 heteroatoms. The molecule has 1 saturated carbocycles. The van der Waals surface area contributed by atoms with Gasteiger partial charge in [-0.15, -0.1) is 0 Å². The number of hydrogen-bond acceptors (Lipinski definition) is 6. The van der Waals surface area contributed by atoms with Crippen molar-refractivity contribution in [1.82, 2.24) is 30.9 Å². The van der Waals surface area contributed by atoms with E-state index in [2.05, 4.69) is 26.3 Å². The molecule has 0 unspecified atom stereocenters. The van der Waals surface area contributed by atoms with Crippen molar-refractivity contribution in [3.63, 3.8) is 0 Å². The monoisotopic (exact) mass is 466 g/mol. The summed E-state index contributed by atoms with van der Waals surface area (Å²) in [6.07, 6.45) is 7.69. The topological polar surface area (TPSA) is 131 Å². The maximum absolute atomic E-state index is 12.6. The van der Waals surface area contributed by atoms with Crippen LogP contribution in [0.3, 0.4) is 0 Å². The molecule has 4 rings (SSSR count). The van der Waals surface area contributed by atoms with Crippen molar-refractivity contribution in [2.45, 2.75) is 63.8 Å². The molecule has 0 saturated heterocycles. The average Bonchev–Trinajstić information content (AvgIpc) is 3.35. The van der Waals surface area contributed by atoms with Crippen LogP contribution in [0, 0.1) is 0 Å². The molecule has 3 aromatic rings. The molecular formula is C24H30N6O4. The van der Waals surface area contributed by atoms with Gasteiger partial charge in [-0.2, -0.15) is 4.98 Å². The maximum Gasteiger partial charge on any atom is 0.271 e. The fourth-order valence-electron chi connectivity index (χ4n) is 4.62. The van der Waals surface area contributed by atoms with E-state index in [1.807, 2.05) is 35.9 Å². The highest BCUT2D eigenvalue weighted by molar-refractivity contribution is 6.07. The molecule has 0 atom stereocenters. The number of nitrogens with one attached hydrogen (secondary N) is 3. The van der Waals surface area contributed by atoms with Crippen LogP contribution in [0.25, 0.3) is 10.9 Å². The molecule has 1 aliphatic rings. The predicted molar refractivity (Wildman–Crippen MR) is 124 cm³/mol. The molecule has 2 aromatic heterocycles. The highest BCUT2D eigenvalue weighted by atomic mass is 16.5. The first-order valence-electron chi connectivity index (χ1n) is 11.6. The number of rotatable bonds is 6. The van der Waals surface area contributed by atoms with Gasteiger partial charge in [-0.1, -0.05) is 49.0 Å². The van der Waals surface area contributed by atoms with E-state index in [0.717, 1.165) is 49.4 Å². The molecule has 3 amide bonds. The van der Waals surface area contributed by atoms with Gasteiger partial charge in [0.15, 0.2) is 5.82 Å². The summed E-state index contributed by atoms with van der Waals surface area (Å²) in [5.41, 5.74) is 5.69. The number of nitrogens with zero attached hydrogens (tertiary/aromatic N) is 3. The van der Waals surface area contributed by atoms with Gasteiger partial charge >= 0.3 is 0 Å². The Morgan fingerprint density at radius 3 is 2.56 bits per heavy atom. The molecule has 2 heterocycles. The molecule has 1 fully saturated rings. The van der Waals surface area contributed by atoms with Gasteiger partial charge in [0.05, 0.1) is 5.56 Å². The third kappa shape index (κ3) is 5.11. The van der Waals surface area contributed by atoms with Gasteiger partial charge in [-0.25, -0.2) is 0 Å². The highest BCUT2D eigenvalue weighted by Gasteiger charge is 2.38. The fourth-order valence-corrected chi connectivity index (χ4v) is 4.62. The Morgan fingerprint density at radius 2 is 1.82 bits per heavy atom. The van der Waals surface area contributed by atoms with Crippen LogP contribution in [0.2, 0.25) is 0 Å². The fraction of sp³-hybridized carbons (Fsp3) is 0.458. The summed E-state index contributed by atoms with van der Waals surface area (Å²) in [7, 11) is 1.86. The number of amides is 3. The lowest BCUT2D eigenvalue weighted by Crippen LogP contribution is -2.45. The third-order valence-corrected chi connectivity index (χ3v) is 6.29. The lowest BCUT2D eigenvalue weighted by atomic mass is 9.89. The summed E-state index contributed by atoms with van der Waals surface area (Å²) in [5, 5.41) is 7.97. The largest absolute Gasteiger partial charge is 0.350 e. The van der Waals surface area contributed by atoms with E-state index in [1.165, 1.54) is 6.92 Å². The lowest BCUT2D eigenvalue weighted by Gasteiger charge is -2.30. The van der Waals surface area contributed by atoms with Crippen LogP contribution >= 0.6 is 0 Å². The molecule has 0 aliphatic heterocycles. The summed E-state index contributed by atoms with van der Waals surface area (Å²) in [5.74, 6) is -0.117. The number of hydrogen-bond donors (Lipinski definition) is 3. The van der Waals surface area contributed by atoms with Crippen molar-refractivity contribution in [3.05, 3.63) is 47.7 Å². The Balaban J connectivity index is 1.33. The normalized spacial score (nSPS) is 15.5. The van der Waals surface area contributed by atoms with Gasteiger partial charge in [-0.3, -0.25) is 25.2 Å². The second-order valence-corrected chi connectivity index (χ2v) is 8.86. The van der Waals surface area contributed by atoms with Crippen molar-refractivity contribution in [2.75, 3.05) is 0 Å². The molecule has 0 radical (unpaired) electrons. The first-order valence-corrected chi connectivity index (χ1v) is 11.6. The van der Waals surface area contributed by atoms with Gasteiger partial charge in [0.25, 0.3) is 5.91 Å². The van der Waals surface area contributed by atoms with Gasteiger partial charge < -0.3 is 14.4 Å². The summed E-state index contributed by atoms with van der Waals surface area (Å²) >= 11 is 0. The SMILES string of the molecule is CC(=O)NC1(c2noc(CCC(=O)NNC(=O)c3cn(C)c4ccccc34)n2)CCCCCC1. The zero-order chi connectivity index (χ0) is 24.1. The second kappa shape index (κ2) is 10.1. The van der Waals surface area contributed by atoms with Crippen molar-refractivity contribution in [1.29, 1.82) is 0 Å².